The van der Waals surface area contributed by atoms with Gasteiger partial charge in [0, 0.05) is 12.3 Å². The van der Waals surface area contributed by atoms with Gasteiger partial charge in [0.1, 0.15) is 11.4 Å². The van der Waals surface area contributed by atoms with Gasteiger partial charge in [-0.3, -0.25) is 9.78 Å². The third kappa shape index (κ3) is 3.68. The first kappa shape index (κ1) is 16.3. The molecule has 0 spiro atoms. The maximum Gasteiger partial charge on any atom is 0.244 e. The van der Waals surface area contributed by atoms with Crippen molar-refractivity contribution >= 4 is 12.0 Å². The van der Waals surface area contributed by atoms with E-state index in [0.717, 1.165) is 30.2 Å². The quantitative estimate of drug-likeness (QED) is 0.849. The number of aromatic nitrogens is 1. The van der Waals surface area contributed by atoms with Crippen LogP contribution in [0.2, 0.25) is 0 Å². The zero-order chi connectivity index (χ0) is 17.0. The minimum absolute atomic E-state index is 0.147. The molecule has 1 amide bonds. The Hall–Kier alpha value is -2.53. The SMILES string of the molecule is O=C(C=Cc1cncc(F)c1)NCC1(O)CCCc2ccccc21. The smallest absolute Gasteiger partial charge is 0.244 e. The summed E-state index contributed by atoms with van der Waals surface area (Å²) in [4.78, 5) is 15.7. The van der Waals surface area contributed by atoms with Crippen LogP contribution in [0.4, 0.5) is 4.39 Å². The summed E-state index contributed by atoms with van der Waals surface area (Å²) in [6.45, 7) is 0.147. The van der Waals surface area contributed by atoms with Crippen molar-refractivity contribution in [2.24, 2.45) is 0 Å². The van der Waals surface area contributed by atoms with E-state index in [1.54, 1.807) is 0 Å². The van der Waals surface area contributed by atoms with E-state index >= 15 is 0 Å². The van der Waals surface area contributed by atoms with Crippen LogP contribution in [0.3, 0.4) is 0 Å². The molecule has 0 aliphatic heterocycles. The molecule has 24 heavy (non-hydrogen) atoms. The van der Waals surface area contributed by atoms with E-state index in [0.29, 0.717) is 12.0 Å². The first-order chi connectivity index (χ1) is 11.6. The molecule has 2 N–H and O–H groups in total. The lowest BCUT2D eigenvalue weighted by Crippen LogP contribution is -2.42. The molecule has 1 aromatic carbocycles. The number of fused-ring (bicyclic) bond motifs is 1. The minimum atomic E-state index is -1.04. The number of halogens is 1. The van der Waals surface area contributed by atoms with Crippen molar-refractivity contribution < 1.29 is 14.3 Å². The van der Waals surface area contributed by atoms with Gasteiger partial charge >= 0.3 is 0 Å². The van der Waals surface area contributed by atoms with Crippen LogP contribution in [-0.4, -0.2) is 22.5 Å². The molecule has 1 aliphatic rings. The number of amides is 1. The Balaban J connectivity index is 1.64. The molecule has 124 valence electrons. The molecular weight excluding hydrogens is 307 g/mol. The average Bonchev–Trinajstić information content (AvgIpc) is 2.59. The highest BCUT2D eigenvalue weighted by Crippen LogP contribution is 2.34. The van der Waals surface area contributed by atoms with E-state index in [9.17, 15) is 14.3 Å². The number of nitrogens with one attached hydrogen (secondary N) is 1. The number of aliphatic hydroxyl groups is 1. The molecule has 0 saturated carbocycles. The third-order valence-corrected chi connectivity index (χ3v) is 4.26. The summed E-state index contributed by atoms with van der Waals surface area (Å²) in [5, 5.41) is 13.6. The standard InChI is InChI=1S/C19H19FN2O2/c20-16-10-14(11-21-12-16)7-8-18(23)22-13-19(24)9-3-5-15-4-1-2-6-17(15)19/h1-2,4,6-8,10-12,24H,3,5,9,13H2,(H,22,23). The van der Waals surface area contributed by atoms with Crippen LogP contribution in [-0.2, 0) is 16.8 Å². The molecule has 1 aliphatic carbocycles. The molecule has 0 saturated heterocycles. The van der Waals surface area contributed by atoms with Crippen molar-refractivity contribution in [3.63, 3.8) is 0 Å². The van der Waals surface area contributed by atoms with E-state index < -0.39 is 11.4 Å². The van der Waals surface area contributed by atoms with E-state index in [1.165, 1.54) is 24.4 Å². The number of aryl methyl sites for hydroxylation is 1. The first-order valence-electron chi connectivity index (χ1n) is 7.94. The second kappa shape index (κ2) is 6.93. The molecule has 1 aromatic heterocycles. The summed E-state index contributed by atoms with van der Waals surface area (Å²) in [6, 6.07) is 9.07. The summed E-state index contributed by atoms with van der Waals surface area (Å²) in [7, 11) is 0. The Bertz CT molecular complexity index is 775. The number of pyridine rings is 1. The van der Waals surface area contributed by atoms with Crippen LogP contribution in [0.15, 0.2) is 48.8 Å². The molecule has 0 fully saturated rings. The largest absolute Gasteiger partial charge is 0.383 e. The van der Waals surface area contributed by atoms with Gasteiger partial charge in [0.15, 0.2) is 0 Å². The predicted molar refractivity (Wildman–Crippen MR) is 89.5 cm³/mol. The molecule has 3 rings (SSSR count). The Kier molecular flexibility index (Phi) is 4.71. The summed E-state index contributed by atoms with van der Waals surface area (Å²) >= 11 is 0. The number of carbonyl (C=O) groups excluding carboxylic acids is 1. The van der Waals surface area contributed by atoms with Crippen LogP contribution in [0.5, 0.6) is 0 Å². The summed E-state index contributed by atoms with van der Waals surface area (Å²) in [5.74, 6) is -0.790. The number of rotatable bonds is 4. The Morgan fingerprint density at radius 3 is 3.04 bits per heavy atom. The van der Waals surface area contributed by atoms with Gasteiger partial charge in [-0.25, -0.2) is 4.39 Å². The molecular formula is C19H19FN2O2. The topological polar surface area (TPSA) is 62.2 Å². The molecule has 1 unspecified atom stereocenters. The molecule has 1 heterocycles. The zero-order valence-corrected chi connectivity index (χ0v) is 13.2. The van der Waals surface area contributed by atoms with Crippen molar-refractivity contribution in [3.05, 3.63) is 71.3 Å². The monoisotopic (exact) mass is 326 g/mol. The zero-order valence-electron chi connectivity index (χ0n) is 13.2. The van der Waals surface area contributed by atoms with Gasteiger partial charge in [-0.05, 0) is 48.1 Å². The lowest BCUT2D eigenvalue weighted by Gasteiger charge is -2.34. The highest BCUT2D eigenvalue weighted by molar-refractivity contribution is 5.91. The molecule has 5 heteroatoms. The number of hydrogen-bond donors (Lipinski definition) is 2. The van der Waals surface area contributed by atoms with Crippen LogP contribution >= 0.6 is 0 Å². The highest BCUT2D eigenvalue weighted by Gasteiger charge is 2.34. The molecule has 2 aromatic rings. The average molecular weight is 326 g/mol. The Morgan fingerprint density at radius 1 is 1.38 bits per heavy atom. The lowest BCUT2D eigenvalue weighted by atomic mass is 9.79. The Labute approximate surface area is 140 Å². The number of carbonyl (C=O) groups is 1. The van der Waals surface area contributed by atoms with Crippen molar-refractivity contribution in [2.75, 3.05) is 6.54 Å². The first-order valence-corrected chi connectivity index (χ1v) is 7.94. The van der Waals surface area contributed by atoms with Crippen LogP contribution in [0.1, 0.15) is 29.5 Å². The fourth-order valence-electron chi connectivity index (χ4n) is 3.07. The number of nitrogens with zero attached hydrogens (tertiary/aromatic N) is 1. The van der Waals surface area contributed by atoms with Gasteiger partial charge in [-0.2, -0.15) is 0 Å². The lowest BCUT2D eigenvalue weighted by molar-refractivity contribution is -0.118. The van der Waals surface area contributed by atoms with Crippen molar-refractivity contribution in [1.82, 2.24) is 10.3 Å². The summed E-state index contributed by atoms with van der Waals surface area (Å²) in [6.07, 6.45) is 7.82. The van der Waals surface area contributed by atoms with Gasteiger partial charge < -0.3 is 10.4 Å². The fraction of sp³-hybridized carbons (Fsp3) is 0.263. The second-order valence-electron chi connectivity index (χ2n) is 6.03. The maximum atomic E-state index is 13.0. The van der Waals surface area contributed by atoms with Gasteiger partial charge in [0.25, 0.3) is 0 Å². The van der Waals surface area contributed by atoms with Crippen molar-refractivity contribution in [3.8, 4) is 0 Å². The number of benzene rings is 1. The molecule has 1 atom stereocenters. The van der Waals surface area contributed by atoms with Crippen LogP contribution < -0.4 is 5.32 Å². The number of hydrogen-bond acceptors (Lipinski definition) is 3. The van der Waals surface area contributed by atoms with Crippen LogP contribution in [0, 0.1) is 5.82 Å². The van der Waals surface area contributed by atoms with E-state index in [-0.39, 0.29) is 12.5 Å². The summed E-state index contributed by atoms with van der Waals surface area (Å²) < 4.78 is 13.0. The molecule has 0 bridgehead atoms. The van der Waals surface area contributed by atoms with Gasteiger partial charge in [0.05, 0.1) is 12.7 Å². The Morgan fingerprint density at radius 2 is 2.21 bits per heavy atom. The second-order valence-corrected chi connectivity index (χ2v) is 6.03. The van der Waals surface area contributed by atoms with Crippen molar-refractivity contribution in [1.29, 1.82) is 0 Å². The van der Waals surface area contributed by atoms with E-state index in [2.05, 4.69) is 10.3 Å². The minimum Gasteiger partial charge on any atom is -0.383 e. The summed E-state index contributed by atoms with van der Waals surface area (Å²) in [5.41, 5.74) is 1.47. The van der Waals surface area contributed by atoms with E-state index in [4.69, 9.17) is 0 Å². The third-order valence-electron chi connectivity index (χ3n) is 4.26. The van der Waals surface area contributed by atoms with Crippen molar-refractivity contribution in [2.45, 2.75) is 24.9 Å². The predicted octanol–water partition coefficient (Wildman–Crippen LogP) is 2.57. The fourth-order valence-corrected chi connectivity index (χ4v) is 3.07. The maximum absolute atomic E-state index is 13.0. The van der Waals surface area contributed by atoms with E-state index in [1.807, 2.05) is 24.3 Å². The highest BCUT2D eigenvalue weighted by atomic mass is 19.1. The molecule has 4 nitrogen and oxygen atoms in total. The van der Waals surface area contributed by atoms with Crippen LogP contribution in [0.25, 0.3) is 6.08 Å². The van der Waals surface area contributed by atoms with Gasteiger partial charge in [0.2, 0.25) is 5.91 Å². The van der Waals surface area contributed by atoms with Gasteiger partial charge in [-0.15, -0.1) is 0 Å². The molecule has 0 radical (unpaired) electrons. The van der Waals surface area contributed by atoms with Gasteiger partial charge in [-0.1, -0.05) is 24.3 Å². The normalized spacial score (nSPS) is 19.9.